The molecule has 1 aromatic rings. The fourth-order valence-corrected chi connectivity index (χ4v) is 1.23. The van der Waals surface area contributed by atoms with Crippen LogP contribution in [0.5, 0.6) is 0 Å². The van der Waals surface area contributed by atoms with E-state index < -0.39 is 11.8 Å². The van der Waals surface area contributed by atoms with Crippen LogP contribution in [0.3, 0.4) is 0 Å². The van der Waals surface area contributed by atoms with E-state index >= 15 is 0 Å². The number of carbonyl (C=O) groups excluding carboxylic acids is 1. The first-order valence-corrected chi connectivity index (χ1v) is 4.14. The molecule has 0 radical (unpaired) electrons. The Kier molecular flexibility index (Phi) is 2.67. The molecule has 5 heteroatoms. The van der Waals surface area contributed by atoms with E-state index in [0.29, 0.717) is 4.47 Å². The normalized spacial score (nSPS) is 9.62. The van der Waals surface area contributed by atoms with E-state index in [1.807, 2.05) is 0 Å². The summed E-state index contributed by atoms with van der Waals surface area (Å²) in [6, 6.07) is 4.42. The van der Waals surface area contributed by atoms with Crippen molar-refractivity contribution in [1.29, 1.82) is 0 Å². The number of carboxylic acids is 1. The molecule has 0 bridgehead atoms. The Morgan fingerprint density at radius 1 is 1.38 bits per heavy atom. The molecule has 1 rings (SSSR count). The van der Waals surface area contributed by atoms with Gasteiger partial charge in [0.25, 0.3) is 5.78 Å². The van der Waals surface area contributed by atoms with Crippen molar-refractivity contribution in [2.75, 3.05) is 5.73 Å². The van der Waals surface area contributed by atoms with Crippen molar-refractivity contribution < 1.29 is 14.7 Å². The van der Waals surface area contributed by atoms with Crippen LogP contribution >= 0.6 is 15.9 Å². The summed E-state index contributed by atoms with van der Waals surface area (Å²) in [5.41, 5.74) is 5.61. The highest BCUT2D eigenvalue weighted by atomic mass is 79.9. The number of carboxylic acid groups (broad SMARTS) is 1. The molecule has 0 spiro atoms. The van der Waals surface area contributed by atoms with Crippen LogP contribution in [0.1, 0.15) is 10.4 Å². The molecule has 0 saturated carbocycles. The highest BCUT2D eigenvalue weighted by Gasteiger charge is 2.16. The van der Waals surface area contributed by atoms with Crippen molar-refractivity contribution in [2.45, 2.75) is 0 Å². The quantitative estimate of drug-likeness (QED) is 0.466. The number of carbonyl (C=O) groups is 2. The van der Waals surface area contributed by atoms with Crippen LogP contribution in [0.4, 0.5) is 5.69 Å². The zero-order chi connectivity index (χ0) is 10.0. The van der Waals surface area contributed by atoms with Crippen molar-refractivity contribution in [3.05, 3.63) is 28.2 Å². The monoisotopic (exact) mass is 243 g/mol. The van der Waals surface area contributed by atoms with Crippen LogP contribution in [0, 0.1) is 0 Å². The second kappa shape index (κ2) is 3.57. The Balaban J connectivity index is 3.16. The molecule has 0 fully saturated rings. The highest BCUT2D eigenvalue weighted by molar-refractivity contribution is 9.10. The third-order valence-corrected chi connectivity index (χ3v) is 1.95. The number of rotatable bonds is 2. The second-order valence-electron chi connectivity index (χ2n) is 2.37. The number of halogens is 1. The lowest BCUT2D eigenvalue weighted by Crippen LogP contribution is -2.14. The molecular weight excluding hydrogens is 238 g/mol. The number of anilines is 1. The molecule has 0 aliphatic rings. The van der Waals surface area contributed by atoms with Crippen LogP contribution in [-0.2, 0) is 4.79 Å². The number of hydrogen-bond donors (Lipinski definition) is 2. The van der Waals surface area contributed by atoms with Crippen LogP contribution in [0.2, 0.25) is 0 Å². The lowest BCUT2D eigenvalue weighted by molar-refractivity contribution is -0.131. The van der Waals surface area contributed by atoms with Crippen LogP contribution in [-0.4, -0.2) is 16.9 Å². The van der Waals surface area contributed by atoms with Gasteiger partial charge in [0.15, 0.2) is 0 Å². The molecule has 4 nitrogen and oxygen atoms in total. The largest absolute Gasteiger partial charge is 0.475 e. The minimum atomic E-state index is -1.51. The predicted octanol–water partition coefficient (Wildman–Crippen LogP) is 1.30. The van der Waals surface area contributed by atoms with Gasteiger partial charge < -0.3 is 10.8 Å². The average Bonchev–Trinajstić information content (AvgIpc) is 2.03. The summed E-state index contributed by atoms with van der Waals surface area (Å²) in [6.45, 7) is 0. The first-order valence-electron chi connectivity index (χ1n) is 3.35. The summed E-state index contributed by atoms with van der Waals surface area (Å²) >= 11 is 3.14. The molecule has 1 aromatic carbocycles. The summed E-state index contributed by atoms with van der Waals surface area (Å²) in [4.78, 5) is 21.3. The zero-order valence-electron chi connectivity index (χ0n) is 6.45. The Hall–Kier alpha value is -1.36. The summed E-state index contributed by atoms with van der Waals surface area (Å²) < 4.78 is 0.701. The van der Waals surface area contributed by atoms with Crippen LogP contribution in [0.15, 0.2) is 22.7 Å². The van der Waals surface area contributed by atoms with E-state index in [4.69, 9.17) is 10.8 Å². The molecule has 68 valence electrons. The molecule has 13 heavy (non-hydrogen) atoms. The summed E-state index contributed by atoms with van der Waals surface area (Å²) in [5.74, 6) is -2.50. The molecule has 0 aliphatic carbocycles. The number of Topliss-reactive ketones (excluding diaryl/α,β-unsaturated/α-hetero) is 1. The van der Waals surface area contributed by atoms with E-state index in [0.717, 1.165) is 0 Å². The van der Waals surface area contributed by atoms with Crippen molar-refractivity contribution in [2.24, 2.45) is 0 Å². The van der Waals surface area contributed by atoms with E-state index in [-0.39, 0.29) is 11.3 Å². The number of aliphatic carboxylic acids is 1. The summed E-state index contributed by atoms with van der Waals surface area (Å²) in [6.07, 6.45) is 0. The molecule has 0 aromatic heterocycles. The topological polar surface area (TPSA) is 80.4 Å². The summed E-state index contributed by atoms with van der Waals surface area (Å²) in [7, 11) is 0. The molecular formula is C8H6BrNO3. The second-order valence-corrected chi connectivity index (χ2v) is 3.28. The number of nitrogens with two attached hydrogens (primary N) is 1. The molecule has 0 saturated heterocycles. The Morgan fingerprint density at radius 2 is 2.00 bits per heavy atom. The lowest BCUT2D eigenvalue weighted by Gasteiger charge is -2.01. The maximum atomic E-state index is 11.0. The number of hydrogen-bond acceptors (Lipinski definition) is 3. The Bertz CT molecular complexity index is 376. The standard InChI is InChI=1S/C8H6BrNO3/c9-4-1-2-5(6(10)3-4)7(11)8(12)13/h1-3H,10H2,(H,12,13). The smallest absolute Gasteiger partial charge is 0.377 e. The first-order chi connectivity index (χ1) is 6.02. The van der Waals surface area contributed by atoms with E-state index in [1.54, 1.807) is 6.07 Å². The third-order valence-electron chi connectivity index (χ3n) is 1.45. The van der Waals surface area contributed by atoms with Gasteiger partial charge in [-0.15, -0.1) is 0 Å². The zero-order valence-corrected chi connectivity index (χ0v) is 8.04. The number of ketones is 1. The summed E-state index contributed by atoms with van der Waals surface area (Å²) in [5, 5.41) is 8.41. The van der Waals surface area contributed by atoms with Crippen molar-refractivity contribution in [1.82, 2.24) is 0 Å². The molecule has 0 atom stereocenters. The number of nitrogen functional groups attached to an aromatic ring is 1. The van der Waals surface area contributed by atoms with Crippen molar-refractivity contribution in [3.63, 3.8) is 0 Å². The van der Waals surface area contributed by atoms with Gasteiger partial charge in [0.1, 0.15) is 0 Å². The van der Waals surface area contributed by atoms with Crippen LogP contribution in [0.25, 0.3) is 0 Å². The molecule has 3 N–H and O–H groups in total. The molecule has 0 aliphatic heterocycles. The molecule has 0 heterocycles. The highest BCUT2D eigenvalue weighted by Crippen LogP contribution is 2.18. The van der Waals surface area contributed by atoms with E-state index in [9.17, 15) is 9.59 Å². The molecule has 0 unspecified atom stereocenters. The first kappa shape index (κ1) is 9.73. The molecule has 0 amide bonds. The van der Waals surface area contributed by atoms with Gasteiger partial charge in [0.2, 0.25) is 0 Å². The fourth-order valence-electron chi connectivity index (χ4n) is 0.856. The van der Waals surface area contributed by atoms with Gasteiger partial charge in [-0.05, 0) is 18.2 Å². The van der Waals surface area contributed by atoms with Crippen molar-refractivity contribution in [3.8, 4) is 0 Å². The van der Waals surface area contributed by atoms with Gasteiger partial charge in [-0.3, -0.25) is 4.79 Å². The Labute approximate surface area is 82.5 Å². The van der Waals surface area contributed by atoms with E-state index in [2.05, 4.69) is 15.9 Å². The third kappa shape index (κ3) is 2.06. The van der Waals surface area contributed by atoms with Gasteiger partial charge in [-0.25, -0.2) is 4.79 Å². The van der Waals surface area contributed by atoms with Gasteiger partial charge in [0.05, 0.1) is 5.56 Å². The fraction of sp³-hybridized carbons (Fsp3) is 0. The van der Waals surface area contributed by atoms with E-state index in [1.165, 1.54) is 12.1 Å². The maximum Gasteiger partial charge on any atom is 0.377 e. The lowest BCUT2D eigenvalue weighted by atomic mass is 10.1. The van der Waals surface area contributed by atoms with Gasteiger partial charge >= 0.3 is 5.97 Å². The van der Waals surface area contributed by atoms with Gasteiger partial charge in [0, 0.05) is 10.2 Å². The van der Waals surface area contributed by atoms with Crippen molar-refractivity contribution >= 4 is 33.4 Å². The van der Waals surface area contributed by atoms with Gasteiger partial charge in [-0.1, -0.05) is 15.9 Å². The minimum Gasteiger partial charge on any atom is -0.475 e. The van der Waals surface area contributed by atoms with Gasteiger partial charge in [-0.2, -0.15) is 0 Å². The number of benzene rings is 1. The van der Waals surface area contributed by atoms with Crippen LogP contribution < -0.4 is 5.73 Å². The SMILES string of the molecule is Nc1cc(Br)ccc1C(=O)C(=O)O. The average molecular weight is 244 g/mol. The predicted molar refractivity (Wildman–Crippen MR) is 50.5 cm³/mol. The maximum absolute atomic E-state index is 11.0. The Morgan fingerprint density at radius 3 is 2.46 bits per heavy atom. The minimum absolute atomic E-state index is 0.00991.